The van der Waals surface area contributed by atoms with E-state index in [-0.39, 0.29) is 13.2 Å². The highest BCUT2D eigenvalue weighted by atomic mass is 35.5. The number of Topliss-reactive ketones (excluding diaryl/α,β-unsaturated/α-hetero) is 1. The van der Waals surface area contributed by atoms with Crippen molar-refractivity contribution in [2.45, 2.75) is 33.1 Å². The van der Waals surface area contributed by atoms with Gasteiger partial charge in [0.05, 0.1) is 5.02 Å². The summed E-state index contributed by atoms with van der Waals surface area (Å²) in [4.78, 5) is 13.8. The molecule has 1 aliphatic heterocycles. The van der Waals surface area contributed by atoms with Gasteiger partial charge in [-0.1, -0.05) is 49.4 Å². The van der Waals surface area contributed by atoms with E-state index in [1.165, 1.54) is 5.56 Å². The van der Waals surface area contributed by atoms with Crippen LogP contribution in [0.1, 0.15) is 49.0 Å². The number of hydrogen-bond acceptors (Lipinski definition) is 2. The van der Waals surface area contributed by atoms with Crippen LogP contribution >= 0.6 is 11.6 Å². The first-order chi connectivity index (χ1) is 10.6. The maximum Gasteiger partial charge on any atom is 0.161 e. The zero-order valence-electron chi connectivity index (χ0n) is 12.8. The number of ketones is 1. The fourth-order valence-electron chi connectivity index (χ4n) is 3.18. The third-order valence-corrected chi connectivity index (χ3v) is 4.78. The van der Waals surface area contributed by atoms with Crippen molar-refractivity contribution in [2.75, 3.05) is 18.0 Å². The molecule has 2 aromatic rings. The molecule has 0 bridgehead atoms. The number of rotatable bonds is 3. The Morgan fingerprint density at radius 1 is 1.09 bits per heavy atom. The highest BCUT2D eigenvalue weighted by molar-refractivity contribution is 6.34. The van der Waals surface area contributed by atoms with Crippen LogP contribution in [0, 0.1) is 0 Å². The summed E-state index contributed by atoms with van der Waals surface area (Å²) in [5.74, 6) is 0.656. The van der Waals surface area contributed by atoms with Crippen molar-refractivity contribution in [3.63, 3.8) is 0 Å². The average Bonchev–Trinajstić information content (AvgIpc) is 2.55. The van der Waals surface area contributed by atoms with Gasteiger partial charge in [-0.15, -0.1) is 0 Å². The lowest BCUT2D eigenvalue weighted by atomic mass is 9.89. The molecule has 1 fully saturated rings. The molecule has 2 nitrogen and oxygen atoms in total. The maximum atomic E-state index is 11.5. The predicted octanol–water partition coefficient (Wildman–Crippen LogP) is 5.56. The van der Waals surface area contributed by atoms with Crippen molar-refractivity contribution in [3.05, 3.63) is 64.7 Å². The summed E-state index contributed by atoms with van der Waals surface area (Å²) in [6, 6.07) is 16.5. The number of carbonyl (C=O) groups is 1. The van der Waals surface area contributed by atoms with Gasteiger partial charge in [0.15, 0.2) is 5.78 Å². The lowest BCUT2D eigenvalue weighted by molar-refractivity contribution is 0.101. The van der Waals surface area contributed by atoms with Crippen LogP contribution < -0.4 is 4.90 Å². The Bertz CT molecular complexity index is 661. The smallest absolute Gasteiger partial charge is 0.161 e. The summed E-state index contributed by atoms with van der Waals surface area (Å²) < 4.78 is 0. The monoisotopic (exact) mass is 329 g/mol. The Balaban J connectivity index is 0.00000192. The Morgan fingerprint density at radius 3 is 2.30 bits per heavy atom. The van der Waals surface area contributed by atoms with Gasteiger partial charge in [0, 0.05) is 24.3 Å². The lowest BCUT2D eigenvalue weighted by Crippen LogP contribution is -2.32. The largest absolute Gasteiger partial charge is 0.371 e. The number of benzene rings is 2. The van der Waals surface area contributed by atoms with Gasteiger partial charge in [-0.25, -0.2) is 0 Å². The molecular weight excluding hydrogens is 306 g/mol. The van der Waals surface area contributed by atoms with Gasteiger partial charge in [-0.05, 0) is 49.4 Å². The Labute approximate surface area is 144 Å². The van der Waals surface area contributed by atoms with Crippen LogP contribution in [0.2, 0.25) is 5.02 Å². The third-order valence-electron chi connectivity index (χ3n) is 4.46. The van der Waals surface area contributed by atoms with Gasteiger partial charge in [0.2, 0.25) is 0 Å². The molecule has 0 saturated carbocycles. The SMILES string of the molecule is C.CC(=O)c1ccc(N2CCC(c3ccccc3)CC2)cc1Cl. The van der Waals surface area contributed by atoms with Crippen molar-refractivity contribution in [1.29, 1.82) is 0 Å². The van der Waals surface area contributed by atoms with E-state index >= 15 is 0 Å². The van der Waals surface area contributed by atoms with E-state index in [4.69, 9.17) is 11.6 Å². The first kappa shape index (κ1) is 17.6. The van der Waals surface area contributed by atoms with E-state index in [9.17, 15) is 4.79 Å². The van der Waals surface area contributed by atoms with Gasteiger partial charge in [0.25, 0.3) is 0 Å². The van der Waals surface area contributed by atoms with E-state index < -0.39 is 0 Å². The quantitative estimate of drug-likeness (QED) is 0.687. The molecule has 23 heavy (non-hydrogen) atoms. The molecule has 2 aromatic carbocycles. The molecule has 0 radical (unpaired) electrons. The summed E-state index contributed by atoms with van der Waals surface area (Å²) in [5.41, 5.74) is 3.15. The van der Waals surface area contributed by atoms with Crippen LogP contribution in [0.3, 0.4) is 0 Å². The number of carbonyl (C=O) groups excluding carboxylic acids is 1. The summed E-state index contributed by atoms with van der Waals surface area (Å²) in [7, 11) is 0. The van der Waals surface area contributed by atoms with E-state index in [0.29, 0.717) is 16.5 Å². The summed E-state index contributed by atoms with van der Waals surface area (Å²) in [6.45, 7) is 3.59. The second kappa shape index (κ2) is 7.65. The zero-order chi connectivity index (χ0) is 15.5. The van der Waals surface area contributed by atoms with Crippen LogP contribution in [-0.4, -0.2) is 18.9 Å². The van der Waals surface area contributed by atoms with Gasteiger partial charge in [-0.2, -0.15) is 0 Å². The van der Waals surface area contributed by atoms with Crippen LogP contribution in [0.4, 0.5) is 5.69 Å². The van der Waals surface area contributed by atoms with Crippen LogP contribution in [0.5, 0.6) is 0 Å². The highest BCUT2D eigenvalue weighted by Crippen LogP contribution is 2.32. The molecular formula is C20H24ClNO. The van der Waals surface area contributed by atoms with E-state index in [1.54, 1.807) is 6.92 Å². The summed E-state index contributed by atoms with van der Waals surface area (Å²) in [5, 5.41) is 0.551. The number of halogens is 1. The van der Waals surface area contributed by atoms with Crippen molar-refractivity contribution in [2.24, 2.45) is 0 Å². The second-order valence-corrected chi connectivity index (χ2v) is 6.30. The molecule has 1 saturated heterocycles. The Morgan fingerprint density at radius 2 is 1.74 bits per heavy atom. The molecule has 0 N–H and O–H groups in total. The minimum atomic E-state index is 0. The van der Waals surface area contributed by atoms with E-state index in [1.807, 2.05) is 18.2 Å². The molecule has 1 aliphatic rings. The second-order valence-electron chi connectivity index (χ2n) is 5.89. The normalized spacial score (nSPS) is 15.1. The first-order valence-corrected chi connectivity index (χ1v) is 8.13. The van der Waals surface area contributed by atoms with Gasteiger partial charge in [-0.3, -0.25) is 4.79 Å². The standard InChI is InChI=1S/C19H20ClNO.CH4/c1-14(22)18-8-7-17(13-19(18)20)21-11-9-16(10-12-21)15-5-3-2-4-6-15;/h2-8,13,16H,9-12H2,1H3;1H4. The van der Waals surface area contributed by atoms with Gasteiger partial charge >= 0.3 is 0 Å². The summed E-state index contributed by atoms with van der Waals surface area (Å²) >= 11 is 6.22. The number of anilines is 1. The van der Waals surface area contributed by atoms with Gasteiger partial charge in [0.1, 0.15) is 0 Å². The molecule has 3 rings (SSSR count). The number of piperidine rings is 1. The molecule has 0 aromatic heterocycles. The molecule has 0 atom stereocenters. The number of hydrogen-bond donors (Lipinski definition) is 0. The predicted molar refractivity (Wildman–Crippen MR) is 98.8 cm³/mol. The Hall–Kier alpha value is -1.80. The molecule has 0 aliphatic carbocycles. The van der Waals surface area contributed by atoms with Crippen molar-refractivity contribution in [3.8, 4) is 0 Å². The third kappa shape index (κ3) is 3.94. The van der Waals surface area contributed by atoms with Crippen LogP contribution in [0.15, 0.2) is 48.5 Å². The van der Waals surface area contributed by atoms with Crippen molar-refractivity contribution >= 4 is 23.1 Å². The van der Waals surface area contributed by atoms with Crippen molar-refractivity contribution < 1.29 is 4.79 Å². The van der Waals surface area contributed by atoms with E-state index in [0.717, 1.165) is 31.6 Å². The lowest BCUT2D eigenvalue weighted by Gasteiger charge is -2.34. The maximum absolute atomic E-state index is 11.5. The van der Waals surface area contributed by atoms with E-state index in [2.05, 4.69) is 35.2 Å². The zero-order valence-corrected chi connectivity index (χ0v) is 13.5. The minimum absolute atomic E-state index is 0. The summed E-state index contributed by atoms with van der Waals surface area (Å²) in [6.07, 6.45) is 2.30. The van der Waals surface area contributed by atoms with Crippen LogP contribution in [-0.2, 0) is 0 Å². The topological polar surface area (TPSA) is 20.3 Å². The fraction of sp³-hybridized carbons (Fsp3) is 0.350. The molecule has 0 amide bonds. The first-order valence-electron chi connectivity index (χ1n) is 7.75. The molecule has 0 spiro atoms. The molecule has 122 valence electrons. The van der Waals surface area contributed by atoms with Crippen molar-refractivity contribution in [1.82, 2.24) is 0 Å². The minimum Gasteiger partial charge on any atom is -0.371 e. The number of nitrogens with zero attached hydrogens (tertiary/aromatic N) is 1. The molecule has 1 heterocycles. The van der Waals surface area contributed by atoms with Crippen LogP contribution in [0.25, 0.3) is 0 Å². The Kier molecular flexibility index (Phi) is 5.84. The highest BCUT2D eigenvalue weighted by Gasteiger charge is 2.21. The molecule has 0 unspecified atom stereocenters. The van der Waals surface area contributed by atoms with Gasteiger partial charge < -0.3 is 4.90 Å². The fourth-order valence-corrected chi connectivity index (χ4v) is 3.49. The molecule has 3 heteroatoms. The average molecular weight is 330 g/mol.